The van der Waals surface area contributed by atoms with Gasteiger partial charge in [0, 0.05) is 37.8 Å². The Balaban J connectivity index is 1.72. The van der Waals surface area contributed by atoms with Crippen LogP contribution in [0.15, 0.2) is 30.7 Å². The zero-order chi connectivity index (χ0) is 14.9. The molecule has 4 rings (SSSR count). The van der Waals surface area contributed by atoms with E-state index in [0.717, 1.165) is 44.0 Å². The molecule has 5 nitrogen and oxygen atoms in total. The maximum atomic E-state index is 4.64. The highest BCUT2D eigenvalue weighted by Crippen LogP contribution is 2.37. The zero-order valence-corrected chi connectivity index (χ0v) is 12.9. The molecule has 0 spiro atoms. The maximum absolute atomic E-state index is 4.64. The zero-order valence-electron chi connectivity index (χ0n) is 12.9. The van der Waals surface area contributed by atoms with Crippen molar-refractivity contribution in [1.29, 1.82) is 0 Å². The van der Waals surface area contributed by atoms with Crippen LogP contribution in [0.25, 0.3) is 0 Å². The first-order valence-corrected chi connectivity index (χ1v) is 8.02. The van der Waals surface area contributed by atoms with E-state index < -0.39 is 0 Å². The second-order valence-electron chi connectivity index (χ2n) is 6.22. The molecule has 0 saturated carbocycles. The van der Waals surface area contributed by atoms with E-state index in [4.69, 9.17) is 0 Å². The molecule has 2 aromatic rings. The minimum atomic E-state index is 0.340. The fraction of sp³-hybridized carbons (Fsp3) is 0.471. The van der Waals surface area contributed by atoms with E-state index in [1.165, 1.54) is 17.7 Å². The molecule has 0 aliphatic carbocycles. The summed E-state index contributed by atoms with van der Waals surface area (Å²) in [5, 5.41) is 0. The highest BCUT2D eigenvalue weighted by atomic mass is 15.3. The minimum Gasteiger partial charge on any atom is -0.348 e. The van der Waals surface area contributed by atoms with Crippen molar-refractivity contribution in [2.24, 2.45) is 0 Å². The number of pyridine rings is 1. The van der Waals surface area contributed by atoms with Crippen LogP contribution in [0.2, 0.25) is 0 Å². The van der Waals surface area contributed by atoms with Crippen LogP contribution < -0.4 is 4.90 Å². The average molecular weight is 295 g/mol. The summed E-state index contributed by atoms with van der Waals surface area (Å²) >= 11 is 0. The van der Waals surface area contributed by atoms with Crippen LogP contribution in [0.4, 0.5) is 5.82 Å². The fourth-order valence-electron chi connectivity index (χ4n) is 3.61. The summed E-state index contributed by atoms with van der Waals surface area (Å²) in [6.45, 7) is 3.07. The largest absolute Gasteiger partial charge is 0.348 e. The van der Waals surface area contributed by atoms with Gasteiger partial charge in [0.05, 0.1) is 17.4 Å². The lowest BCUT2D eigenvalue weighted by molar-refractivity contribution is 0.309. The van der Waals surface area contributed by atoms with Crippen LogP contribution in [-0.2, 0) is 13.0 Å². The Kier molecular flexibility index (Phi) is 3.50. The van der Waals surface area contributed by atoms with Gasteiger partial charge in [-0.15, -0.1) is 0 Å². The molecule has 0 aromatic carbocycles. The minimum absolute atomic E-state index is 0.340. The number of anilines is 1. The van der Waals surface area contributed by atoms with Crippen LogP contribution in [0.5, 0.6) is 0 Å². The van der Waals surface area contributed by atoms with Crippen molar-refractivity contribution >= 4 is 5.82 Å². The molecule has 5 heteroatoms. The van der Waals surface area contributed by atoms with Gasteiger partial charge in [-0.1, -0.05) is 6.07 Å². The number of likely N-dealkylation sites (N-methyl/N-ethyl adjacent to an activating group) is 1. The average Bonchev–Trinajstić information content (AvgIpc) is 3.04. The van der Waals surface area contributed by atoms with Crippen molar-refractivity contribution in [3.05, 3.63) is 47.7 Å². The fourth-order valence-corrected chi connectivity index (χ4v) is 3.61. The molecule has 2 aromatic heterocycles. The Labute approximate surface area is 131 Å². The summed E-state index contributed by atoms with van der Waals surface area (Å²) in [6.07, 6.45) is 6.97. The molecule has 22 heavy (non-hydrogen) atoms. The topological polar surface area (TPSA) is 45.2 Å². The lowest BCUT2D eigenvalue weighted by atomic mass is 10.1. The Morgan fingerprint density at radius 1 is 1.14 bits per heavy atom. The Hall–Kier alpha value is -2.01. The van der Waals surface area contributed by atoms with Gasteiger partial charge in [-0.3, -0.25) is 4.98 Å². The third-order valence-electron chi connectivity index (χ3n) is 4.72. The monoisotopic (exact) mass is 295 g/mol. The molecule has 0 N–H and O–H groups in total. The number of fused-ring (bicyclic) bond motifs is 1. The smallest absolute Gasteiger partial charge is 0.137 e. The van der Waals surface area contributed by atoms with Gasteiger partial charge < -0.3 is 9.80 Å². The van der Waals surface area contributed by atoms with E-state index in [1.54, 1.807) is 6.33 Å². The Morgan fingerprint density at radius 2 is 2.09 bits per heavy atom. The predicted molar refractivity (Wildman–Crippen MR) is 85.6 cm³/mol. The summed E-state index contributed by atoms with van der Waals surface area (Å²) in [5.41, 5.74) is 3.67. The third kappa shape index (κ3) is 2.35. The molecule has 1 unspecified atom stereocenters. The van der Waals surface area contributed by atoms with Crippen molar-refractivity contribution in [3.8, 4) is 0 Å². The van der Waals surface area contributed by atoms with Crippen LogP contribution in [0, 0.1) is 0 Å². The van der Waals surface area contributed by atoms with Crippen molar-refractivity contribution in [1.82, 2.24) is 19.9 Å². The molecule has 0 bridgehead atoms. The van der Waals surface area contributed by atoms with E-state index in [9.17, 15) is 0 Å². The first-order chi connectivity index (χ1) is 10.8. The Morgan fingerprint density at radius 3 is 2.95 bits per heavy atom. The molecule has 2 aliphatic rings. The number of rotatable bonds is 2. The van der Waals surface area contributed by atoms with Gasteiger partial charge in [0.15, 0.2) is 0 Å². The summed E-state index contributed by atoms with van der Waals surface area (Å²) in [6, 6.07) is 6.52. The van der Waals surface area contributed by atoms with Gasteiger partial charge in [0.1, 0.15) is 12.1 Å². The van der Waals surface area contributed by atoms with E-state index >= 15 is 0 Å². The highest BCUT2D eigenvalue weighted by Gasteiger charge is 2.31. The molecule has 2 aliphatic heterocycles. The summed E-state index contributed by atoms with van der Waals surface area (Å²) in [5.74, 6) is 1.12. The molecule has 0 radical (unpaired) electrons. The summed E-state index contributed by atoms with van der Waals surface area (Å²) < 4.78 is 0. The lowest BCUT2D eigenvalue weighted by Crippen LogP contribution is -2.32. The Bertz CT molecular complexity index is 657. The van der Waals surface area contributed by atoms with Crippen LogP contribution >= 0.6 is 0 Å². The summed E-state index contributed by atoms with van der Waals surface area (Å²) in [7, 11) is 2.17. The van der Waals surface area contributed by atoms with Crippen molar-refractivity contribution < 1.29 is 0 Å². The molecule has 114 valence electrons. The van der Waals surface area contributed by atoms with Gasteiger partial charge in [-0.2, -0.15) is 0 Å². The van der Waals surface area contributed by atoms with Crippen molar-refractivity contribution in [2.75, 3.05) is 25.0 Å². The number of nitrogens with zero attached hydrogens (tertiary/aromatic N) is 5. The van der Waals surface area contributed by atoms with Crippen molar-refractivity contribution in [3.63, 3.8) is 0 Å². The molecule has 4 heterocycles. The first kappa shape index (κ1) is 13.6. The van der Waals surface area contributed by atoms with Crippen LogP contribution in [-0.4, -0.2) is 40.0 Å². The van der Waals surface area contributed by atoms with Gasteiger partial charge in [-0.05, 0) is 32.0 Å². The van der Waals surface area contributed by atoms with E-state index in [1.807, 2.05) is 12.3 Å². The van der Waals surface area contributed by atoms with Crippen molar-refractivity contribution in [2.45, 2.75) is 31.8 Å². The quantitative estimate of drug-likeness (QED) is 0.850. The van der Waals surface area contributed by atoms with Gasteiger partial charge >= 0.3 is 0 Å². The maximum Gasteiger partial charge on any atom is 0.137 e. The third-order valence-corrected chi connectivity index (χ3v) is 4.72. The first-order valence-electron chi connectivity index (χ1n) is 8.02. The lowest BCUT2D eigenvalue weighted by Gasteiger charge is -2.31. The number of hydrogen-bond acceptors (Lipinski definition) is 5. The van der Waals surface area contributed by atoms with Crippen LogP contribution in [0.1, 0.15) is 35.8 Å². The number of aromatic nitrogens is 3. The molecule has 1 atom stereocenters. The summed E-state index contributed by atoms with van der Waals surface area (Å²) in [4.78, 5) is 18.5. The molecular weight excluding hydrogens is 274 g/mol. The highest BCUT2D eigenvalue weighted by molar-refractivity contribution is 5.52. The van der Waals surface area contributed by atoms with E-state index in [0.29, 0.717) is 6.04 Å². The standard InChI is InChI=1S/C17H21N5/c1-21-10-7-14-13(11-21)17(20-12-19-14)22-9-4-6-16(22)15-5-2-3-8-18-15/h2-3,5,8,12,16H,4,6-7,9-11H2,1H3. The normalized spacial score (nSPS) is 21.9. The van der Waals surface area contributed by atoms with Gasteiger partial charge in [0.2, 0.25) is 0 Å². The van der Waals surface area contributed by atoms with E-state index in [-0.39, 0.29) is 0 Å². The molecule has 0 amide bonds. The van der Waals surface area contributed by atoms with Crippen LogP contribution in [0.3, 0.4) is 0 Å². The molecule has 1 saturated heterocycles. The molecular formula is C17H21N5. The van der Waals surface area contributed by atoms with Gasteiger partial charge in [0.25, 0.3) is 0 Å². The van der Waals surface area contributed by atoms with Gasteiger partial charge in [-0.25, -0.2) is 9.97 Å². The molecule has 1 fully saturated rings. The number of hydrogen-bond donors (Lipinski definition) is 0. The predicted octanol–water partition coefficient (Wildman–Crippen LogP) is 2.20. The second kappa shape index (κ2) is 5.65. The van der Waals surface area contributed by atoms with E-state index in [2.05, 4.69) is 43.9 Å². The SMILES string of the molecule is CN1CCc2ncnc(N3CCCC3c3ccccn3)c2C1. The second-order valence-corrected chi connectivity index (χ2v) is 6.22.